The summed E-state index contributed by atoms with van der Waals surface area (Å²) in [5.41, 5.74) is 2.68. The average Bonchev–Trinajstić information content (AvgIpc) is 3.10. The fourth-order valence-electron chi connectivity index (χ4n) is 4.40. The summed E-state index contributed by atoms with van der Waals surface area (Å²) in [5.74, 6) is 1.54. The van der Waals surface area contributed by atoms with Crippen LogP contribution >= 0.6 is 11.8 Å². The van der Waals surface area contributed by atoms with Crippen LogP contribution in [0.2, 0.25) is 0 Å². The maximum absolute atomic E-state index is 12.6. The number of rotatable bonds is 3. The Labute approximate surface area is 152 Å². The number of likely N-dealkylation sites (N-methyl/N-ethyl adjacent to an activating group) is 1. The fourth-order valence-corrected chi connectivity index (χ4v) is 5.12. The van der Waals surface area contributed by atoms with Gasteiger partial charge in [-0.1, -0.05) is 25.2 Å². The number of aromatic nitrogens is 2. The molecule has 0 amide bonds. The molecule has 1 aliphatic carbocycles. The van der Waals surface area contributed by atoms with Crippen molar-refractivity contribution in [3.63, 3.8) is 0 Å². The summed E-state index contributed by atoms with van der Waals surface area (Å²) >= 11 is 1.77. The van der Waals surface area contributed by atoms with Gasteiger partial charge < -0.3 is 4.74 Å². The van der Waals surface area contributed by atoms with Crippen LogP contribution in [0.1, 0.15) is 20.3 Å². The Balaban J connectivity index is 2.06. The van der Waals surface area contributed by atoms with Crippen LogP contribution < -0.4 is 4.48 Å². The normalized spacial score (nSPS) is 29.2. The summed E-state index contributed by atoms with van der Waals surface area (Å²) in [5, 5.41) is 1.12. The van der Waals surface area contributed by atoms with Gasteiger partial charge in [0.2, 0.25) is 5.70 Å². The largest absolute Gasteiger partial charge is 0.462 e. The van der Waals surface area contributed by atoms with Crippen molar-refractivity contribution < 1.29 is 9.53 Å². The van der Waals surface area contributed by atoms with E-state index in [2.05, 4.69) is 43.7 Å². The van der Waals surface area contributed by atoms with Gasteiger partial charge in [0.1, 0.15) is 5.03 Å². The molecule has 2 aliphatic heterocycles. The third-order valence-electron chi connectivity index (χ3n) is 5.51. The summed E-state index contributed by atoms with van der Waals surface area (Å²) in [6.07, 6.45) is 13.2. The molecule has 6 heteroatoms. The Morgan fingerprint density at radius 1 is 1.52 bits per heavy atom. The van der Waals surface area contributed by atoms with Crippen LogP contribution in [0.15, 0.2) is 52.9 Å². The van der Waals surface area contributed by atoms with Crippen LogP contribution in [0.4, 0.5) is 5.95 Å². The van der Waals surface area contributed by atoms with Crippen molar-refractivity contribution >= 4 is 29.4 Å². The van der Waals surface area contributed by atoms with E-state index in [0.717, 1.165) is 23.1 Å². The Morgan fingerprint density at radius 3 is 3.04 bits per heavy atom. The molecule has 0 N–H and O–H groups in total. The number of ether oxygens (including phenoxy) is 1. The number of nitrogens with zero attached hydrogens (tertiary/aromatic N) is 3. The van der Waals surface area contributed by atoms with Crippen molar-refractivity contribution in [2.45, 2.75) is 30.8 Å². The zero-order valence-corrected chi connectivity index (χ0v) is 15.8. The molecule has 25 heavy (non-hydrogen) atoms. The Kier molecular flexibility index (Phi) is 3.60. The molecule has 0 radical (unpaired) electrons. The summed E-state index contributed by atoms with van der Waals surface area (Å²) in [6.45, 7) is 4.28. The van der Waals surface area contributed by atoms with Gasteiger partial charge in [-0.3, -0.25) is 0 Å². The number of imidazole rings is 1. The maximum atomic E-state index is 12.6. The molecule has 3 heterocycles. The quantitative estimate of drug-likeness (QED) is 0.472. The standard InChI is InChI=1S/C19H22N3O2S/c1-5-25-15-12-20-18-21(15)16-13(2)8-6-10-19(16)11-7-9-14(17(23)24-4)22(18,19)3/h6-9,11-12H,5,10H2,1-4H3/q+1. The Bertz CT molecular complexity index is 892. The monoisotopic (exact) mass is 356 g/mol. The molecular formula is C19H22N3O2S+. The first-order valence-electron chi connectivity index (χ1n) is 8.45. The lowest BCUT2D eigenvalue weighted by Gasteiger charge is -2.44. The first-order chi connectivity index (χ1) is 12.0. The van der Waals surface area contributed by atoms with Crippen LogP contribution in [0.5, 0.6) is 0 Å². The topological polar surface area (TPSA) is 44.1 Å². The third kappa shape index (κ3) is 1.84. The molecule has 0 saturated heterocycles. The number of quaternary nitrogens is 1. The van der Waals surface area contributed by atoms with Crippen molar-refractivity contribution in [3.8, 4) is 0 Å². The van der Waals surface area contributed by atoms with Crippen molar-refractivity contribution in [2.24, 2.45) is 0 Å². The molecular weight excluding hydrogens is 334 g/mol. The predicted molar refractivity (Wildman–Crippen MR) is 101 cm³/mol. The summed E-state index contributed by atoms with van der Waals surface area (Å²) < 4.78 is 7.67. The number of esters is 1. The van der Waals surface area contributed by atoms with Crippen molar-refractivity contribution in [1.82, 2.24) is 14.0 Å². The van der Waals surface area contributed by atoms with Crippen LogP contribution in [0, 0.1) is 0 Å². The number of methoxy groups -OCH3 is 1. The third-order valence-corrected chi connectivity index (χ3v) is 6.38. The first kappa shape index (κ1) is 16.4. The summed E-state index contributed by atoms with van der Waals surface area (Å²) in [7, 11) is 3.51. The minimum atomic E-state index is -0.357. The van der Waals surface area contributed by atoms with Crippen LogP contribution in [-0.2, 0) is 9.53 Å². The van der Waals surface area contributed by atoms with Crippen LogP contribution in [-0.4, -0.2) is 41.0 Å². The number of carbonyl (C=O) groups excluding carboxylic acids is 1. The molecule has 0 fully saturated rings. The highest BCUT2D eigenvalue weighted by atomic mass is 32.2. The minimum Gasteiger partial charge on any atom is -0.462 e. The van der Waals surface area contributed by atoms with Crippen molar-refractivity contribution in [2.75, 3.05) is 19.9 Å². The Morgan fingerprint density at radius 2 is 2.32 bits per heavy atom. The average molecular weight is 356 g/mol. The highest BCUT2D eigenvalue weighted by Crippen LogP contribution is 2.57. The van der Waals surface area contributed by atoms with Gasteiger partial charge in [-0.05, 0) is 24.3 Å². The smallest absolute Gasteiger partial charge is 0.393 e. The lowest BCUT2D eigenvalue weighted by atomic mass is 9.80. The molecule has 0 saturated carbocycles. The van der Waals surface area contributed by atoms with Gasteiger partial charge >= 0.3 is 11.9 Å². The van der Waals surface area contributed by atoms with E-state index >= 15 is 0 Å². The molecule has 2 atom stereocenters. The van der Waals surface area contributed by atoms with E-state index < -0.39 is 0 Å². The number of carbonyl (C=O) groups is 1. The molecule has 0 bridgehead atoms. The molecule has 0 aromatic carbocycles. The minimum absolute atomic E-state index is 0.307. The first-order valence-corrected chi connectivity index (χ1v) is 9.44. The number of hydrogen-bond acceptors (Lipinski definition) is 4. The zero-order valence-electron chi connectivity index (χ0n) is 14.9. The molecule has 1 aromatic rings. The van der Waals surface area contributed by atoms with E-state index in [4.69, 9.17) is 9.72 Å². The van der Waals surface area contributed by atoms with E-state index in [-0.39, 0.29) is 11.5 Å². The fraction of sp³-hybridized carbons (Fsp3) is 0.368. The number of fused-ring (bicyclic) bond motifs is 3. The van der Waals surface area contributed by atoms with Crippen LogP contribution in [0.25, 0.3) is 5.70 Å². The van der Waals surface area contributed by atoms with Gasteiger partial charge in [-0.2, -0.15) is 4.98 Å². The summed E-state index contributed by atoms with van der Waals surface area (Å²) in [4.78, 5) is 17.4. The number of allylic oxidation sites excluding steroid dienone is 4. The molecule has 3 aliphatic rings. The van der Waals surface area contributed by atoms with Gasteiger partial charge in [0, 0.05) is 12.5 Å². The second kappa shape index (κ2) is 5.47. The van der Waals surface area contributed by atoms with E-state index in [1.165, 1.54) is 18.4 Å². The molecule has 130 valence electrons. The Hall–Kier alpha value is -2.05. The predicted octanol–water partition coefficient (Wildman–Crippen LogP) is 3.50. The lowest BCUT2D eigenvalue weighted by Crippen LogP contribution is -2.62. The highest BCUT2D eigenvalue weighted by molar-refractivity contribution is 7.99. The lowest BCUT2D eigenvalue weighted by molar-refractivity contribution is -0.138. The van der Waals surface area contributed by atoms with Crippen molar-refractivity contribution in [1.29, 1.82) is 0 Å². The van der Waals surface area contributed by atoms with E-state index in [0.29, 0.717) is 10.2 Å². The maximum Gasteiger partial charge on any atom is 0.393 e. The molecule has 4 rings (SSSR count). The SMILES string of the molecule is CCSc1cnc2n1C1=C(C)C=CCC13C=CC=C(C(=O)OC)[N+]23C. The van der Waals surface area contributed by atoms with Crippen LogP contribution in [0.3, 0.4) is 0 Å². The van der Waals surface area contributed by atoms with Crippen molar-refractivity contribution in [3.05, 3.63) is 47.8 Å². The van der Waals surface area contributed by atoms with E-state index in [1.54, 1.807) is 11.8 Å². The van der Waals surface area contributed by atoms with Gasteiger partial charge in [0.05, 0.1) is 26.1 Å². The van der Waals surface area contributed by atoms with Gasteiger partial charge in [-0.15, -0.1) is 11.8 Å². The number of hydrogen-bond donors (Lipinski definition) is 0. The molecule has 5 nitrogen and oxygen atoms in total. The van der Waals surface area contributed by atoms with Gasteiger partial charge in [0.15, 0.2) is 5.54 Å². The second-order valence-corrected chi connectivity index (χ2v) is 7.92. The molecule has 1 spiro atoms. The zero-order chi connectivity index (χ0) is 17.8. The van der Waals surface area contributed by atoms with E-state index in [9.17, 15) is 4.79 Å². The summed E-state index contributed by atoms with van der Waals surface area (Å²) in [6, 6.07) is 0. The molecule has 1 aromatic heterocycles. The van der Waals surface area contributed by atoms with Gasteiger partial charge in [-0.25, -0.2) is 13.8 Å². The van der Waals surface area contributed by atoms with E-state index in [1.807, 2.05) is 18.3 Å². The van der Waals surface area contributed by atoms with Gasteiger partial charge in [0.25, 0.3) is 0 Å². The highest BCUT2D eigenvalue weighted by Gasteiger charge is 2.65. The molecule has 2 unspecified atom stereocenters. The second-order valence-electron chi connectivity index (χ2n) is 6.64. The number of thioether (sulfide) groups is 1.